The van der Waals surface area contributed by atoms with Crippen LogP contribution in [0.3, 0.4) is 0 Å². The summed E-state index contributed by atoms with van der Waals surface area (Å²) in [7, 11) is -2.59. The van der Waals surface area contributed by atoms with Gasteiger partial charge in [0.05, 0.1) is 5.02 Å². The molecule has 3 rings (SSSR count). The van der Waals surface area contributed by atoms with Crippen LogP contribution in [0.15, 0.2) is 47.8 Å². The Hall–Kier alpha value is -2.62. The molecule has 0 aliphatic heterocycles. The van der Waals surface area contributed by atoms with Crippen molar-refractivity contribution in [3.8, 4) is 5.88 Å². The molecule has 0 aliphatic carbocycles. The second kappa shape index (κ2) is 8.59. The monoisotopic (exact) mass is 420 g/mol. The fourth-order valence-corrected chi connectivity index (χ4v) is 3.29. The van der Waals surface area contributed by atoms with E-state index >= 15 is 0 Å². The minimum atomic E-state index is -4.08. The first-order valence-corrected chi connectivity index (χ1v) is 9.97. The van der Waals surface area contributed by atoms with Gasteiger partial charge in [-0.3, -0.25) is 0 Å². The molecule has 0 radical (unpaired) electrons. The molecular weight excluding hydrogens is 404 g/mol. The molecule has 8 nitrogen and oxygen atoms in total. The molecule has 0 unspecified atom stereocenters. The van der Waals surface area contributed by atoms with Gasteiger partial charge >= 0.3 is 10.1 Å². The van der Waals surface area contributed by atoms with Crippen LogP contribution in [0.1, 0.15) is 22.8 Å². The maximum Gasteiger partial charge on any atom is 0.340 e. The lowest BCUT2D eigenvalue weighted by Gasteiger charge is -2.11. The van der Waals surface area contributed by atoms with Crippen LogP contribution in [0.25, 0.3) is 0 Å². The molecule has 0 atom stereocenters. The van der Waals surface area contributed by atoms with Gasteiger partial charge in [0.2, 0.25) is 5.88 Å². The zero-order valence-corrected chi connectivity index (χ0v) is 16.7. The van der Waals surface area contributed by atoms with Crippen molar-refractivity contribution in [1.82, 2.24) is 19.9 Å². The largest absolute Gasteiger partial charge is 0.377 e. The Bertz CT molecular complexity index is 1060. The second-order valence-electron chi connectivity index (χ2n) is 5.89. The summed E-state index contributed by atoms with van der Waals surface area (Å²) in [4.78, 5) is 16.6. The molecule has 0 spiro atoms. The highest BCUT2D eigenvalue weighted by atomic mass is 35.5. The minimum Gasteiger partial charge on any atom is -0.377 e. The Morgan fingerprint density at radius 1 is 1.00 bits per heavy atom. The van der Waals surface area contributed by atoms with E-state index in [9.17, 15) is 8.42 Å². The summed E-state index contributed by atoms with van der Waals surface area (Å²) in [6.07, 6.45) is 4.55. The lowest BCUT2D eigenvalue weighted by atomic mass is 10.2. The van der Waals surface area contributed by atoms with Crippen molar-refractivity contribution < 1.29 is 17.3 Å². The molecule has 1 aromatic carbocycles. The van der Waals surface area contributed by atoms with Crippen molar-refractivity contribution in [3.05, 3.63) is 70.7 Å². The number of aryl methyl sites for hydroxylation is 1. The topological polar surface area (TPSA) is 104 Å². The highest BCUT2D eigenvalue weighted by Gasteiger charge is 2.21. The molecule has 28 heavy (non-hydrogen) atoms. The summed E-state index contributed by atoms with van der Waals surface area (Å²) in [6.45, 7) is 1.97. The Morgan fingerprint density at radius 3 is 2.29 bits per heavy atom. The quantitative estimate of drug-likeness (QED) is 0.537. The van der Waals surface area contributed by atoms with Gasteiger partial charge in [-0.1, -0.05) is 29.3 Å². The molecule has 0 aliphatic rings. The van der Waals surface area contributed by atoms with Gasteiger partial charge in [-0.05, 0) is 19.1 Å². The minimum absolute atomic E-state index is 0.0266. The number of halogens is 1. The van der Waals surface area contributed by atoms with E-state index in [0.717, 1.165) is 5.56 Å². The van der Waals surface area contributed by atoms with Gasteiger partial charge in [0.1, 0.15) is 17.3 Å². The lowest BCUT2D eigenvalue weighted by molar-refractivity contribution is 0.177. The van der Waals surface area contributed by atoms with Gasteiger partial charge in [0.25, 0.3) is 0 Å². The van der Waals surface area contributed by atoms with E-state index < -0.39 is 10.1 Å². The normalized spacial score (nSPS) is 11.4. The smallest absolute Gasteiger partial charge is 0.340 e. The summed E-state index contributed by atoms with van der Waals surface area (Å²) < 4.78 is 35.7. The number of hydrogen-bond acceptors (Lipinski definition) is 8. The number of rotatable bonds is 7. The number of aromatic nitrogens is 4. The highest BCUT2D eigenvalue weighted by Crippen LogP contribution is 2.23. The van der Waals surface area contributed by atoms with Gasteiger partial charge < -0.3 is 8.92 Å². The number of nitrogens with zero attached hydrogens (tertiary/aromatic N) is 4. The van der Waals surface area contributed by atoms with Crippen LogP contribution < -0.4 is 4.18 Å². The third kappa shape index (κ3) is 5.00. The van der Waals surface area contributed by atoms with Gasteiger partial charge in [-0.25, -0.2) is 15.0 Å². The van der Waals surface area contributed by atoms with E-state index in [-0.39, 0.29) is 29.6 Å². The van der Waals surface area contributed by atoms with Crippen molar-refractivity contribution in [2.45, 2.75) is 24.8 Å². The Morgan fingerprint density at radius 2 is 1.64 bits per heavy atom. The molecule has 0 fully saturated rings. The number of methoxy groups -OCH3 is 1. The predicted octanol–water partition coefficient (Wildman–Crippen LogP) is 2.73. The highest BCUT2D eigenvalue weighted by molar-refractivity contribution is 7.87. The number of ether oxygens (including phenoxy) is 1. The van der Waals surface area contributed by atoms with E-state index in [1.54, 1.807) is 12.1 Å². The van der Waals surface area contributed by atoms with Crippen LogP contribution in [0, 0.1) is 6.92 Å². The average molecular weight is 421 g/mol. The lowest BCUT2D eigenvalue weighted by Crippen LogP contribution is -2.14. The van der Waals surface area contributed by atoms with Crippen molar-refractivity contribution in [1.29, 1.82) is 0 Å². The first-order valence-electron chi connectivity index (χ1n) is 8.18. The van der Waals surface area contributed by atoms with E-state index in [1.165, 1.54) is 37.8 Å². The molecule has 3 aromatic rings. The number of hydrogen-bond donors (Lipinski definition) is 0. The van der Waals surface area contributed by atoms with Gasteiger partial charge in [0, 0.05) is 37.7 Å². The summed E-state index contributed by atoms with van der Waals surface area (Å²) in [5.41, 5.74) is 1.35. The van der Waals surface area contributed by atoms with E-state index in [2.05, 4.69) is 19.9 Å². The molecule has 2 aromatic heterocycles. The van der Waals surface area contributed by atoms with Crippen molar-refractivity contribution >= 4 is 21.7 Å². The maximum absolute atomic E-state index is 12.7. The van der Waals surface area contributed by atoms with Crippen molar-refractivity contribution in [3.63, 3.8) is 0 Å². The summed E-state index contributed by atoms with van der Waals surface area (Å²) >= 11 is 5.80. The molecule has 0 bridgehead atoms. The average Bonchev–Trinajstić information content (AvgIpc) is 2.66. The van der Waals surface area contributed by atoms with E-state index in [0.29, 0.717) is 16.4 Å². The summed E-state index contributed by atoms with van der Waals surface area (Å²) in [5.74, 6) is 0.614. The van der Waals surface area contributed by atoms with E-state index in [1.807, 2.05) is 6.92 Å². The Labute approximate surface area is 167 Å². The zero-order chi connectivity index (χ0) is 20.1. The summed E-state index contributed by atoms with van der Waals surface area (Å²) in [5, 5.41) is 0.397. The molecule has 10 heteroatoms. The maximum atomic E-state index is 12.7. The van der Waals surface area contributed by atoms with Crippen molar-refractivity contribution in [2.75, 3.05) is 7.11 Å². The molecule has 0 N–H and O–H groups in total. The molecule has 0 saturated heterocycles. The molecule has 146 valence electrons. The third-order valence-electron chi connectivity index (χ3n) is 3.67. The van der Waals surface area contributed by atoms with Crippen LogP contribution in [-0.4, -0.2) is 35.5 Å². The SMILES string of the molecule is COCc1ncc(Cc2ncc(Cl)cn2)c(OS(=O)(=O)c2ccc(C)cc2)n1. The van der Waals surface area contributed by atoms with Gasteiger partial charge in [-0.15, -0.1) is 0 Å². The fourth-order valence-electron chi connectivity index (χ4n) is 2.28. The molecule has 0 saturated carbocycles. The zero-order valence-electron chi connectivity index (χ0n) is 15.2. The van der Waals surface area contributed by atoms with Crippen LogP contribution >= 0.6 is 11.6 Å². The first-order chi connectivity index (χ1) is 13.4. The van der Waals surface area contributed by atoms with Gasteiger partial charge in [0.15, 0.2) is 5.82 Å². The van der Waals surface area contributed by atoms with Crippen LogP contribution in [-0.2, 0) is 27.9 Å². The molecular formula is C18H17ClN4O4S. The predicted molar refractivity (Wildman–Crippen MR) is 102 cm³/mol. The number of benzene rings is 1. The van der Waals surface area contributed by atoms with E-state index in [4.69, 9.17) is 20.5 Å². The summed E-state index contributed by atoms with van der Waals surface area (Å²) in [6, 6.07) is 6.33. The Balaban J connectivity index is 1.95. The molecule has 0 amide bonds. The van der Waals surface area contributed by atoms with Crippen LogP contribution in [0.5, 0.6) is 5.88 Å². The molecule has 2 heterocycles. The van der Waals surface area contributed by atoms with Crippen molar-refractivity contribution in [2.24, 2.45) is 0 Å². The fraction of sp³-hybridized carbons (Fsp3) is 0.222. The second-order valence-corrected chi connectivity index (χ2v) is 7.88. The van der Waals surface area contributed by atoms with Crippen LogP contribution in [0.2, 0.25) is 5.02 Å². The van der Waals surface area contributed by atoms with Crippen LogP contribution in [0.4, 0.5) is 0 Å². The standard InChI is InChI=1S/C18H17ClN4O4S/c1-12-3-5-15(6-4-12)28(24,25)27-18-13(8-20-17(23-18)11-26-2)7-16-21-9-14(19)10-22-16/h3-6,8-10H,7,11H2,1-2H3. The van der Waals surface area contributed by atoms with Gasteiger partial charge in [-0.2, -0.15) is 13.4 Å². The Kier molecular flexibility index (Phi) is 6.18. The first kappa shape index (κ1) is 20.1. The third-order valence-corrected chi connectivity index (χ3v) is 5.09.